The van der Waals surface area contributed by atoms with Crippen LogP contribution in [-0.4, -0.2) is 53.7 Å². The first-order chi connectivity index (χ1) is 14.4. The lowest BCUT2D eigenvalue weighted by Gasteiger charge is -2.29. The second-order valence-electron chi connectivity index (χ2n) is 8.32. The number of anilines is 1. The van der Waals surface area contributed by atoms with Crippen molar-refractivity contribution < 1.29 is 9.59 Å². The fourth-order valence-corrected chi connectivity index (χ4v) is 4.13. The minimum absolute atomic E-state index is 0.00154. The minimum Gasteiger partial charge on any atom is -0.325 e. The van der Waals surface area contributed by atoms with Gasteiger partial charge in [0.1, 0.15) is 0 Å². The summed E-state index contributed by atoms with van der Waals surface area (Å²) in [6.07, 6.45) is 3.31. The molecule has 2 aromatic carbocycles. The molecule has 2 unspecified atom stereocenters. The molecule has 0 bridgehead atoms. The van der Waals surface area contributed by atoms with Crippen molar-refractivity contribution in [2.45, 2.75) is 51.7 Å². The van der Waals surface area contributed by atoms with E-state index in [9.17, 15) is 9.59 Å². The molecular weight excluding hydrogens is 374 g/mol. The summed E-state index contributed by atoms with van der Waals surface area (Å²) in [6.45, 7) is 6.33. The number of Topliss-reactive ketones (excluding diaryl/α,β-unsaturated/α-hetero) is 1. The lowest BCUT2D eigenvalue weighted by molar-refractivity contribution is -0.120. The number of benzene rings is 2. The predicted octanol–water partition coefficient (Wildman–Crippen LogP) is 4.20. The van der Waals surface area contributed by atoms with Crippen LogP contribution in [0.1, 0.15) is 49.0 Å². The van der Waals surface area contributed by atoms with Crippen molar-refractivity contribution >= 4 is 17.4 Å². The Bertz CT molecular complexity index is 835. The molecule has 30 heavy (non-hydrogen) atoms. The molecule has 0 spiro atoms. The second-order valence-corrected chi connectivity index (χ2v) is 8.32. The molecule has 5 nitrogen and oxygen atoms in total. The van der Waals surface area contributed by atoms with Crippen molar-refractivity contribution in [3.8, 4) is 0 Å². The molecular formula is C25H33N3O2. The molecule has 1 aliphatic rings. The Morgan fingerprint density at radius 3 is 2.43 bits per heavy atom. The van der Waals surface area contributed by atoms with Gasteiger partial charge in [-0.15, -0.1) is 0 Å². The fraction of sp³-hybridized carbons (Fsp3) is 0.440. The molecule has 5 heteroatoms. The summed E-state index contributed by atoms with van der Waals surface area (Å²) in [5.74, 6) is 0.0271. The van der Waals surface area contributed by atoms with Gasteiger partial charge in [0.2, 0.25) is 5.91 Å². The summed E-state index contributed by atoms with van der Waals surface area (Å²) in [5, 5.41) is 2.99. The first-order valence-corrected chi connectivity index (χ1v) is 10.8. The number of likely N-dealkylation sites (tertiary alicyclic amines) is 1. The predicted molar refractivity (Wildman–Crippen MR) is 122 cm³/mol. The third-order valence-corrected chi connectivity index (χ3v) is 6.12. The summed E-state index contributed by atoms with van der Waals surface area (Å²) in [7, 11) is 2.20. The largest absolute Gasteiger partial charge is 0.325 e. The fourth-order valence-electron chi connectivity index (χ4n) is 4.13. The summed E-state index contributed by atoms with van der Waals surface area (Å²) >= 11 is 0. The summed E-state index contributed by atoms with van der Waals surface area (Å²) in [4.78, 5) is 28.9. The quantitative estimate of drug-likeness (QED) is 0.699. The summed E-state index contributed by atoms with van der Waals surface area (Å²) in [6, 6.07) is 18.0. The van der Waals surface area contributed by atoms with Crippen LogP contribution in [-0.2, 0) is 11.3 Å². The first kappa shape index (κ1) is 22.2. The molecule has 160 valence electrons. The van der Waals surface area contributed by atoms with E-state index in [1.165, 1.54) is 5.56 Å². The van der Waals surface area contributed by atoms with Gasteiger partial charge in [0, 0.05) is 30.4 Å². The van der Waals surface area contributed by atoms with Crippen LogP contribution >= 0.6 is 0 Å². The molecule has 1 heterocycles. The van der Waals surface area contributed by atoms with Gasteiger partial charge in [0.05, 0.1) is 6.04 Å². The van der Waals surface area contributed by atoms with Crippen LogP contribution in [0, 0.1) is 0 Å². The zero-order valence-corrected chi connectivity index (χ0v) is 18.3. The molecule has 0 radical (unpaired) electrons. The highest BCUT2D eigenvalue weighted by Crippen LogP contribution is 2.20. The number of rotatable bonds is 7. The van der Waals surface area contributed by atoms with E-state index in [-0.39, 0.29) is 17.7 Å². The van der Waals surface area contributed by atoms with Gasteiger partial charge in [0.15, 0.2) is 5.78 Å². The Morgan fingerprint density at radius 1 is 1.07 bits per heavy atom. The van der Waals surface area contributed by atoms with Crippen LogP contribution in [0.25, 0.3) is 0 Å². The zero-order valence-electron chi connectivity index (χ0n) is 18.3. The van der Waals surface area contributed by atoms with E-state index in [1.807, 2.05) is 6.92 Å². The van der Waals surface area contributed by atoms with E-state index >= 15 is 0 Å². The number of amides is 1. The molecule has 1 saturated heterocycles. The number of carbonyl (C=O) groups is 2. The van der Waals surface area contributed by atoms with E-state index in [0.29, 0.717) is 11.6 Å². The Morgan fingerprint density at radius 2 is 1.77 bits per heavy atom. The molecule has 1 amide bonds. The third-order valence-electron chi connectivity index (χ3n) is 6.12. The van der Waals surface area contributed by atoms with Gasteiger partial charge in [-0.05, 0) is 76.5 Å². The van der Waals surface area contributed by atoms with Crippen molar-refractivity contribution in [1.29, 1.82) is 0 Å². The highest BCUT2D eigenvalue weighted by molar-refractivity contribution is 5.96. The minimum atomic E-state index is -0.185. The maximum Gasteiger partial charge on any atom is 0.241 e. The smallest absolute Gasteiger partial charge is 0.241 e. The topological polar surface area (TPSA) is 52.7 Å². The van der Waals surface area contributed by atoms with Gasteiger partial charge >= 0.3 is 0 Å². The van der Waals surface area contributed by atoms with Crippen LogP contribution in [0.15, 0.2) is 54.6 Å². The molecule has 1 fully saturated rings. The van der Waals surface area contributed by atoms with Crippen molar-refractivity contribution in [3.63, 3.8) is 0 Å². The van der Waals surface area contributed by atoms with Crippen molar-refractivity contribution in [1.82, 2.24) is 9.80 Å². The van der Waals surface area contributed by atoms with Gasteiger partial charge in [-0.3, -0.25) is 19.4 Å². The normalized spacial score (nSPS) is 18.6. The molecule has 2 atom stereocenters. The monoisotopic (exact) mass is 407 g/mol. The lowest BCUT2D eigenvalue weighted by atomic mass is 10.1. The van der Waals surface area contributed by atoms with Gasteiger partial charge in [-0.2, -0.15) is 0 Å². The Hall–Kier alpha value is -2.50. The zero-order chi connectivity index (χ0) is 21.5. The van der Waals surface area contributed by atoms with Crippen molar-refractivity contribution in [3.05, 3.63) is 65.7 Å². The maximum atomic E-state index is 12.8. The Balaban J connectivity index is 1.52. The van der Waals surface area contributed by atoms with Gasteiger partial charge in [-0.25, -0.2) is 0 Å². The number of carbonyl (C=O) groups excluding carboxylic acids is 2. The number of nitrogens with zero attached hydrogens (tertiary/aromatic N) is 2. The third kappa shape index (κ3) is 6.00. The average Bonchev–Trinajstić information content (AvgIpc) is 3.00. The van der Waals surface area contributed by atoms with Crippen molar-refractivity contribution in [2.75, 3.05) is 25.5 Å². The van der Waals surface area contributed by atoms with E-state index in [0.717, 1.165) is 44.6 Å². The van der Waals surface area contributed by atoms with Gasteiger partial charge in [-0.1, -0.05) is 30.3 Å². The molecule has 3 rings (SSSR count). The highest BCUT2D eigenvalue weighted by atomic mass is 16.2. The molecule has 0 aromatic heterocycles. The summed E-state index contributed by atoms with van der Waals surface area (Å²) in [5.41, 5.74) is 2.72. The Kier molecular flexibility index (Phi) is 7.77. The number of ketones is 1. The maximum absolute atomic E-state index is 12.8. The number of hydrogen-bond donors (Lipinski definition) is 1. The molecule has 1 N–H and O–H groups in total. The van der Waals surface area contributed by atoms with Crippen LogP contribution in [0.3, 0.4) is 0 Å². The van der Waals surface area contributed by atoms with Crippen molar-refractivity contribution in [2.24, 2.45) is 0 Å². The molecule has 0 saturated carbocycles. The van der Waals surface area contributed by atoms with Crippen LogP contribution in [0.2, 0.25) is 0 Å². The van der Waals surface area contributed by atoms with E-state index in [4.69, 9.17) is 0 Å². The summed E-state index contributed by atoms with van der Waals surface area (Å²) < 4.78 is 0. The average molecular weight is 408 g/mol. The van der Waals surface area contributed by atoms with Gasteiger partial charge in [0.25, 0.3) is 0 Å². The molecule has 2 aromatic rings. The van der Waals surface area contributed by atoms with E-state index < -0.39 is 0 Å². The van der Waals surface area contributed by atoms with E-state index in [2.05, 4.69) is 52.5 Å². The second kappa shape index (κ2) is 10.5. The Labute approximate surface area is 180 Å². The first-order valence-electron chi connectivity index (χ1n) is 10.8. The van der Waals surface area contributed by atoms with E-state index in [1.54, 1.807) is 31.2 Å². The number of nitrogens with one attached hydrogen (secondary N) is 1. The highest BCUT2D eigenvalue weighted by Gasteiger charge is 2.26. The lowest BCUT2D eigenvalue weighted by Crippen LogP contribution is -2.43. The number of hydrogen-bond acceptors (Lipinski definition) is 4. The standard InChI is InChI=1S/C25H33N3O2/c1-19(25(30)26-23-13-11-22(12-14-23)20(2)29)28-16-7-10-24(15-17-28)27(3)18-21-8-5-4-6-9-21/h4-6,8-9,11-14,19,24H,7,10,15-18H2,1-3H3,(H,26,30). The van der Waals surface area contributed by atoms with Crippen LogP contribution < -0.4 is 5.32 Å². The van der Waals surface area contributed by atoms with Crippen LogP contribution in [0.5, 0.6) is 0 Å². The van der Waals surface area contributed by atoms with Crippen LogP contribution in [0.4, 0.5) is 5.69 Å². The molecule has 1 aliphatic heterocycles. The molecule has 0 aliphatic carbocycles. The van der Waals surface area contributed by atoms with Gasteiger partial charge < -0.3 is 5.32 Å². The SMILES string of the molecule is CC(=O)c1ccc(NC(=O)C(C)N2CCCC(N(C)Cc3ccccc3)CC2)cc1.